The smallest absolute Gasteiger partial charge is 0.240 e. The van der Waals surface area contributed by atoms with Crippen molar-refractivity contribution >= 4 is 21.4 Å². The van der Waals surface area contributed by atoms with Crippen LogP contribution in [-0.4, -0.2) is 33.2 Å². The first kappa shape index (κ1) is 14.1. The number of aliphatic hydroxyl groups is 1. The molecule has 0 aliphatic carbocycles. The van der Waals surface area contributed by atoms with Gasteiger partial charge in [0.15, 0.2) is 0 Å². The average molecular weight is 285 g/mol. The molecule has 1 aliphatic rings. The molecule has 1 unspecified atom stereocenters. The first-order chi connectivity index (χ1) is 8.93. The SMILES string of the molecule is Nc1c(N2CCCC(CO)C2)cccc1S(N)(=O)=O. The van der Waals surface area contributed by atoms with Crippen molar-refractivity contribution in [3.8, 4) is 0 Å². The van der Waals surface area contributed by atoms with Crippen LogP contribution in [0.4, 0.5) is 11.4 Å². The van der Waals surface area contributed by atoms with Crippen LogP contribution in [-0.2, 0) is 10.0 Å². The van der Waals surface area contributed by atoms with Crippen LogP contribution >= 0.6 is 0 Å². The van der Waals surface area contributed by atoms with Gasteiger partial charge in [-0.3, -0.25) is 0 Å². The highest BCUT2D eigenvalue weighted by molar-refractivity contribution is 7.89. The predicted octanol–water partition coefficient (Wildman–Crippen LogP) is 0.125. The van der Waals surface area contributed by atoms with E-state index in [9.17, 15) is 13.5 Å². The second-order valence-electron chi connectivity index (χ2n) is 4.87. The summed E-state index contributed by atoms with van der Waals surface area (Å²) in [6, 6.07) is 4.82. The highest BCUT2D eigenvalue weighted by atomic mass is 32.2. The standard InChI is InChI=1S/C12H19N3O3S/c13-12-10(4-1-5-11(12)19(14,17)18)15-6-2-3-9(7-15)8-16/h1,4-5,9,16H,2-3,6-8,13H2,(H2,14,17,18). The van der Waals surface area contributed by atoms with Gasteiger partial charge in [-0.2, -0.15) is 0 Å². The van der Waals surface area contributed by atoms with E-state index in [0.717, 1.165) is 19.4 Å². The fourth-order valence-electron chi connectivity index (χ4n) is 2.49. The van der Waals surface area contributed by atoms with Crippen LogP contribution in [0.1, 0.15) is 12.8 Å². The number of aliphatic hydroxyl groups excluding tert-OH is 1. The third kappa shape index (κ3) is 2.99. The van der Waals surface area contributed by atoms with Crippen molar-refractivity contribution < 1.29 is 13.5 Å². The van der Waals surface area contributed by atoms with Gasteiger partial charge in [-0.05, 0) is 30.9 Å². The van der Waals surface area contributed by atoms with Crippen molar-refractivity contribution in [2.75, 3.05) is 30.3 Å². The molecule has 1 aliphatic heterocycles. The van der Waals surface area contributed by atoms with Crippen molar-refractivity contribution in [3.05, 3.63) is 18.2 Å². The van der Waals surface area contributed by atoms with Gasteiger partial charge in [-0.1, -0.05) is 6.07 Å². The Bertz CT molecular complexity index is 559. The van der Waals surface area contributed by atoms with E-state index in [1.165, 1.54) is 6.07 Å². The lowest BCUT2D eigenvalue weighted by Gasteiger charge is -2.34. The summed E-state index contributed by atoms with van der Waals surface area (Å²) in [4.78, 5) is 1.96. The lowest BCUT2D eigenvalue weighted by molar-refractivity contribution is 0.209. The van der Waals surface area contributed by atoms with Gasteiger partial charge in [0.05, 0.1) is 11.4 Å². The molecule has 1 aromatic carbocycles. The molecular weight excluding hydrogens is 266 g/mol. The number of benzene rings is 1. The Morgan fingerprint density at radius 2 is 2.16 bits per heavy atom. The van der Waals surface area contributed by atoms with Crippen molar-refractivity contribution in [2.24, 2.45) is 11.1 Å². The zero-order chi connectivity index (χ0) is 14.0. The maximum absolute atomic E-state index is 11.4. The fraction of sp³-hybridized carbons (Fsp3) is 0.500. The number of nitrogen functional groups attached to an aromatic ring is 1. The van der Waals surface area contributed by atoms with Crippen molar-refractivity contribution in [3.63, 3.8) is 0 Å². The molecule has 2 rings (SSSR count). The molecule has 1 saturated heterocycles. The van der Waals surface area contributed by atoms with Crippen LogP contribution in [0.15, 0.2) is 23.1 Å². The van der Waals surface area contributed by atoms with E-state index in [0.29, 0.717) is 12.2 Å². The summed E-state index contributed by atoms with van der Waals surface area (Å²) in [5.74, 6) is 0.200. The Morgan fingerprint density at radius 1 is 1.42 bits per heavy atom. The molecule has 0 radical (unpaired) electrons. The fourth-order valence-corrected chi connectivity index (χ4v) is 3.17. The lowest BCUT2D eigenvalue weighted by Crippen LogP contribution is -2.37. The number of primary sulfonamides is 1. The average Bonchev–Trinajstić information content (AvgIpc) is 2.37. The van der Waals surface area contributed by atoms with Gasteiger partial charge >= 0.3 is 0 Å². The molecule has 106 valence electrons. The Kier molecular flexibility index (Phi) is 3.98. The number of nitrogens with two attached hydrogens (primary N) is 2. The number of hydrogen-bond acceptors (Lipinski definition) is 5. The minimum Gasteiger partial charge on any atom is -0.396 e. The second kappa shape index (κ2) is 5.36. The molecule has 0 spiro atoms. The number of anilines is 2. The third-order valence-corrected chi connectivity index (χ3v) is 4.44. The first-order valence-electron chi connectivity index (χ1n) is 6.20. The number of hydrogen-bond donors (Lipinski definition) is 3. The maximum atomic E-state index is 11.4. The summed E-state index contributed by atoms with van der Waals surface area (Å²) in [6.07, 6.45) is 1.92. The molecular formula is C12H19N3O3S. The summed E-state index contributed by atoms with van der Waals surface area (Å²) in [5, 5.41) is 14.4. The van der Waals surface area contributed by atoms with Gasteiger partial charge in [-0.15, -0.1) is 0 Å². The zero-order valence-corrected chi connectivity index (χ0v) is 11.4. The summed E-state index contributed by atoms with van der Waals surface area (Å²) in [5.41, 5.74) is 6.78. The molecule has 1 fully saturated rings. The van der Waals surface area contributed by atoms with Gasteiger partial charge in [0.1, 0.15) is 4.90 Å². The number of para-hydroxylation sites is 1. The molecule has 0 amide bonds. The molecule has 6 nitrogen and oxygen atoms in total. The van der Waals surface area contributed by atoms with Gasteiger partial charge in [0, 0.05) is 19.7 Å². The quantitative estimate of drug-likeness (QED) is 0.684. The van der Waals surface area contributed by atoms with Crippen LogP contribution < -0.4 is 15.8 Å². The molecule has 0 bridgehead atoms. The Labute approximate surface area is 113 Å². The van der Waals surface area contributed by atoms with Crippen molar-refractivity contribution in [1.82, 2.24) is 0 Å². The topological polar surface area (TPSA) is 110 Å². The summed E-state index contributed by atoms with van der Waals surface area (Å²) in [6.45, 7) is 1.61. The third-order valence-electron chi connectivity index (χ3n) is 3.47. The van der Waals surface area contributed by atoms with Crippen LogP contribution in [0.3, 0.4) is 0 Å². The molecule has 7 heteroatoms. The van der Waals surface area contributed by atoms with Crippen LogP contribution in [0, 0.1) is 5.92 Å². The van der Waals surface area contributed by atoms with E-state index in [-0.39, 0.29) is 23.1 Å². The van der Waals surface area contributed by atoms with E-state index in [4.69, 9.17) is 10.9 Å². The highest BCUT2D eigenvalue weighted by Gasteiger charge is 2.23. The molecule has 0 saturated carbocycles. The number of nitrogens with zero attached hydrogens (tertiary/aromatic N) is 1. The Morgan fingerprint density at radius 3 is 2.79 bits per heavy atom. The summed E-state index contributed by atoms with van der Waals surface area (Å²) < 4.78 is 22.9. The molecule has 0 aromatic heterocycles. The largest absolute Gasteiger partial charge is 0.396 e. The number of rotatable bonds is 3. The minimum absolute atomic E-state index is 0.0453. The second-order valence-corrected chi connectivity index (χ2v) is 6.40. The van der Waals surface area contributed by atoms with E-state index < -0.39 is 10.0 Å². The first-order valence-corrected chi connectivity index (χ1v) is 7.75. The summed E-state index contributed by atoms with van der Waals surface area (Å²) in [7, 11) is -3.81. The molecule has 5 N–H and O–H groups in total. The van der Waals surface area contributed by atoms with E-state index in [1.807, 2.05) is 4.90 Å². The molecule has 1 heterocycles. The molecule has 1 atom stereocenters. The highest BCUT2D eigenvalue weighted by Crippen LogP contribution is 2.31. The Balaban J connectivity index is 2.35. The van der Waals surface area contributed by atoms with Gasteiger partial charge < -0.3 is 15.7 Å². The van der Waals surface area contributed by atoms with E-state index in [1.54, 1.807) is 12.1 Å². The normalized spacial score (nSPS) is 20.5. The van der Waals surface area contributed by atoms with Crippen LogP contribution in [0.2, 0.25) is 0 Å². The van der Waals surface area contributed by atoms with Crippen LogP contribution in [0.5, 0.6) is 0 Å². The molecule has 1 aromatic rings. The monoisotopic (exact) mass is 285 g/mol. The van der Waals surface area contributed by atoms with Crippen LogP contribution in [0.25, 0.3) is 0 Å². The van der Waals surface area contributed by atoms with E-state index in [2.05, 4.69) is 0 Å². The van der Waals surface area contributed by atoms with Gasteiger partial charge in [-0.25, -0.2) is 13.6 Å². The lowest BCUT2D eigenvalue weighted by atomic mass is 9.98. The van der Waals surface area contributed by atoms with E-state index >= 15 is 0 Å². The summed E-state index contributed by atoms with van der Waals surface area (Å²) >= 11 is 0. The minimum atomic E-state index is -3.81. The Hall–Kier alpha value is -1.31. The maximum Gasteiger partial charge on any atom is 0.240 e. The number of piperidine rings is 1. The van der Waals surface area contributed by atoms with Crippen molar-refractivity contribution in [1.29, 1.82) is 0 Å². The number of sulfonamides is 1. The predicted molar refractivity (Wildman–Crippen MR) is 74.3 cm³/mol. The van der Waals surface area contributed by atoms with Crippen molar-refractivity contribution in [2.45, 2.75) is 17.7 Å². The van der Waals surface area contributed by atoms with Gasteiger partial charge in [0.2, 0.25) is 10.0 Å². The van der Waals surface area contributed by atoms with Gasteiger partial charge in [0.25, 0.3) is 0 Å². The zero-order valence-electron chi connectivity index (χ0n) is 10.6. The molecule has 19 heavy (non-hydrogen) atoms.